The highest BCUT2D eigenvalue weighted by Gasteiger charge is 2.61. The van der Waals surface area contributed by atoms with E-state index in [4.69, 9.17) is 23.2 Å². The van der Waals surface area contributed by atoms with E-state index in [0.717, 1.165) is 6.07 Å². The molecule has 11 heteroatoms. The number of hydrogen-bond acceptors (Lipinski definition) is 5. The van der Waals surface area contributed by atoms with Crippen molar-refractivity contribution in [1.82, 2.24) is 15.5 Å². The van der Waals surface area contributed by atoms with Gasteiger partial charge in [-0.1, -0.05) is 62.2 Å². The number of aliphatic hydroxyl groups is 1. The predicted octanol–water partition coefficient (Wildman–Crippen LogP) is 5.72. The Bertz CT molecular complexity index is 1420. The van der Waals surface area contributed by atoms with Crippen LogP contribution in [-0.4, -0.2) is 59.6 Å². The molecule has 44 heavy (non-hydrogen) atoms. The first-order valence-corrected chi connectivity index (χ1v) is 15.7. The quantitative estimate of drug-likeness (QED) is 0.340. The molecule has 2 fully saturated rings. The minimum Gasteiger partial charge on any atom is -0.392 e. The Morgan fingerprint density at radius 2 is 1.89 bits per heavy atom. The monoisotopic (exact) mass is 648 g/mol. The second-order valence-electron chi connectivity index (χ2n) is 13.3. The molecule has 0 aromatic heterocycles. The van der Waals surface area contributed by atoms with Crippen molar-refractivity contribution in [2.24, 2.45) is 11.3 Å². The first-order chi connectivity index (χ1) is 20.7. The molecule has 3 unspecified atom stereocenters. The summed E-state index contributed by atoms with van der Waals surface area (Å²) in [6.45, 7) is 8.47. The van der Waals surface area contributed by atoms with Gasteiger partial charge < -0.3 is 20.6 Å². The van der Waals surface area contributed by atoms with Crippen LogP contribution in [-0.2, 0) is 15.0 Å². The van der Waals surface area contributed by atoms with Gasteiger partial charge in [-0.3, -0.25) is 9.59 Å². The first-order valence-electron chi connectivity index (χ1n) is 15.0. The number of amides is 2. The zero-order chi connectivity index (χ0) is 32.4. The summed E-state index contributed by atoms with van der Waals surface area (Å²) in [6.07, 6.45) is 1.19. The van der Waals surface area contributed by atoms with Crippen molar-refractivity contribution in [2.75, 3.05) is 19.6 Å². The van der Waals surface area contributed by atoms with Crippen LogP contribution in [0, 0.1) is 34.3 Å². The van der Waals surface area contributed by atoms with Crippen molar-refractivity contribution in [3.63, 3.8) is 0 Å². The third-order valence-corrected chi connectivity index (χ3v) is 9.24. The molecule has 0 aliphatic carbocycles. The molecule has 3 N–H and O–H groups in total. The number of nitriles is 1. The van der Waals surface area contributed by atoms with Gasteiger partial charge >= 0.3 is 0 Å². The lowest BCUT2D eigenvalue weighted by Crippen LogP contribution is -2.50. The van der Waals surface area contributed by atoms with Gasteiger partial charge in [-0.05, 0) is 61.3 Å². The van der Waals surface area contributed by atoms with Crippen LogP contribution in [0.2, 0.25) is 10.0 Å². The highest BCUT2D eigenvalue weighted by Crippen LogP contribution is 2.53. The number of benzene rings is 2. The van der Waals surface area contributed by atoms with Crippen LogP contribution in [0.15, 0.2) is 36.4 Å². The Labute approximate surface area is 267 Å². The maximum Gasteiger partial charge on any atom is 0.240 e. The lowest BCUT2D eigenvalue weighted by Gasteiger charge is -2.38. The molecule has 2 amide bonds. The van der Waals surface area contributed by atoms with Gasteiger partial charge in [0.15, 0.2) is 0 Å². The summed E-state index contributed by atoms with van der Waals surface area (Å²) in [4.78, 5) is 28.3. The maximum absolute atomic E-state index is 15.9. The standard InChI is InChI=1S/C33H40Cl2F2N4O3/c1-19(42)17-39-27(43)14-20-10-12-41(13-11-20)31(44)30-28(22-6-5-7-24(35)29(22)37)33(18-38,26(40-30)16-32(2,3)4)23-9-8-21(34)15-25(23)36/h5-9,15,19-20,26,28,30,40,42H,10-14,16-17H2,1-4H3,(H,39,43)/t19?,26?,28?,30-,33+/m1/s1. The molecule has 5 atom stereocenters. The molecule has 0 saturated carbocycles. The van der Waals surface area contributed by atoms with Gasteiger partial charge in [0.05, 0.1) is 23.2 Å². The average molecular weight is 650 g/mol. The van der Waals surface area contributed by atoms with E-state index < -0.39 is 41.2 Å². The fraction of sp³-hybridized carbons (Fsp3) is 0.545. The number of halogens is 4. The third-order valence-electron chi connectivity index (χ3n) is 8.71. The SMILES string of the molecule is CC(O)CNC(=O)CC1CCN(C(=O)[C@@H]2NC(CC(C)(C)C)[C@](C#N)(c3ccc(Cl)cc3F)C2c2cccc(Cl)c2F)CC1. The first kappa shape index (κ1) is 34.1. The van der Waals surface area contributed by atoms with E-state index in [1.807, 2.05) is 20.8 Å². The Morgan fingerprint density at radius 3 is 2.48 bits per heavy atom. The molecule has 7 nitrogen and oxygen atoms in total. The molecule has 2 aliphatic heterocycles. The summed E-state index contributed by atoms with van der Waals surface area (Å²) in [6, 6.07) is 9.13. The summed E-state index contributed by atoms with van der Waals surface area (Å²) in [5.41, 5.74) is -1.94. The second-order valence-corrected chi connectivity index (χ2v) is 14.2. The number of rotatable bonds is 8. The molecule has 0 radical (unpaired) electrons. The van der Waals surface area contributed by atoms with Crippen molar-refractivity contribution < 1.29 is 23.5 Å². The van der Waals surface area contributed by atoms with Crippen molar-refractivity contribution in [3.05, 3.63) is 69.2 Å². The number of carbonyl (C=O) groups excluding carboxylic acids is 2. The van der Waals surface area contributed by atoms with Crippen molar-refractivity contribution >= 4 is 35.0 Å². The number of carbonyl (C=O) groups is 2. The largest absolute Gasteiger partial charge is 0.392 e. The Morgan fingerprint density at radius 1 is 1.20 bits per heavy atom. The molecule has 2 aromatic rings. The number of aliphatic hydroxyl groups excluding tert-OH is 1. The molecule has 2 aromatic carbocycles. The third kappa shape index (κ3) is 7.20. The lowest BCUT2D eigenvalue weighted by atomic mass is 9.62. The van der Waals surface area contributed by atoms with Crippen LogP contribution >= 0.6 is 23.2 Å². The molecule has 0 bridgehead atoms. The fourth-order valence-electron chi connectivity index (χ4n) is 6.69. The zero-order valence-corrected chi connectivity index (χ0v) is 27.0. The maximum atomic E-state index is 15.9. The molecule has 0 spiro atoms. The van der Waals surface area contributed by atoms with Gasteiger partial charge in [-0.25, -0.2) is 8.78 Å². The number of piperidine rings is 1. The molecule has 2 saturated heterocycles. The van der Waals surface area contributed by atoms with Crippen molar-refractivity contribution in [3.8, 4) is 6.07 Å². The number of nitrogens with zero attached hydrogens (tertiary/aromatic N) is 2. The van der Waals surface area contributed by atoms with Gasteiger partial charge in [-0.15, -0.1) is 0 Å². The van der Waals surface area contributed by atoms with E-state index in [9.17, 15) is 20.0 Å². The van der Waals surface area contributed by atoms with Crippen LogP contribution < -0.4 is 10.6 Å². The average Bonchev–Trinajstić information content (AvgIpc) is 3.26. The topological polar surface area (TPSA) is 105 Å². The van der Waals surface area contributed by atoms with Crippen LogP contribution in [0.5, 0.6) is 0 Å². The minimum atomic E-state index is -1.69. The molecule has 238 valence electrons. The Balaban J connectivity index is 1.74. The van der Waals surface area contributed by atoms with E-state index in [1.54, 1.807) is 17.9 Å². The van der Waals surface area contributed by atoms with E-state index in [1.165, 1.54) is 24.3 Å². The van der Waals surface area contributed by atoms with E-state index in [-0.39, 0.29) is 57.3 Å². The number of likely N-dealkylation sites (tertiary alicyclic amines) is 1. The molecule has 4 rings (SSSR count). The number of hydrogen-bond donors (Lipinski definition) is 3. The van der Waals surface area contributed by atoms with Gasteiger partial charge in [0.1, 0.15) is 17.0 Å². The molecule has 2 aliphatic rings. The summed E-state index contributed by atoms with van der Waals surface area (Å²) >= 11 is 12.3. The van der Waals surface area contributed by atoms with Gasteiger partial charge in [0.25, 0.3) is 0 Å². The highest BCUT2D eigenvalue weighted by molar-refractivity contribution is 6.31. The van der Waals surface area contributed by atoms with Crippen LogP contribution in [0.3, 0.4) is 0 Å². The highest BCUT2D eigenvalue weighted by atomic mass is 35.5. The zero-order valence-electron chi connectivity index (χ0n) is 25.5. The smallest absolute Gasteiger partial charge is 0.240 e. The van der Waals surface area contributed by atoms with E-state index >= 15 is 8.78 Å². The van der Waals surface area contributed by atoms with Gasteiger partial charge in [-0.2, -0.15) is 5.26 Å². The van der Waals surface area contributed by atoms with Crippen molar-refractivity contribution in [1.29, 1.82) is 5.26 Å². The molecular weight excluding hydrogens is 609 g/mol. The normalized spacial score (nSPS) is 25.0. The summed E-state index contributed by atoms with van der Waals surface area (Å²) in [7, 11) is 0. The van der Waals surface area contributed by atoms with Crippen LogP contribution in [0.1, 0.15) is 70.4 Å². The predicted molar refractivity (Wildman–Crippen MR) is 166 cm³/mol. The summed E-state index contributed by atoms with van der Waals surface area (Å²) in [5.74, 6) is -3.01. The Hall–Kier alpha value is -2.77. The Kier molecular flexibility index (Phi) is 10.6. The summed E-state index contributed by atoms with van der Waals surface area (Å²) < 4.78 is 31.7. The number of nitrogens with one attached hydrogen (secondary N) is 2. The lowest BCUT2D eigenvalue weighted by molar-refractivity contribution is -0.135. The summed E-state index contributed by atoms with van der Waals surface area (Å²) in [5, 5.41) is 26.5. The van der Waals surface area contributed by atoms with E-state index in [2.05, 4.69) is 16.7 Å². The van der Waals surface area contributed by atoms with Crippen LogP contribution in [0.25, 0.3) is 0 Å². The van der Waals surface area contributed by atoms with Gasteiger partial charge in [0, 0.05) is 48.6 Å². The van der Waals surface area contributed by atoms with E-state index in [0.29, 0.717) is 32.4 Å². The minimum absolute atomic E-state index is 0.0349. The van der Waals surface area contributed by atoms with Gasteiger partial charge in [0.2, 0.25) is 11.8 Å². The van der Waals surface area contributed by atoms with Crippen molar-refractivity contribution in [2.45, 2.75) is 82.9 Å². The molecular formula is C33H40Cl2F2N4O3. The fourth-order valence-corrected chi connectivity index (χ4v) is 7.03. The second kappa shape index (κ2) is 13.7. The molecule has 2 heterocycles. The van der Waals surface area contributed by atoms with Crippen LogP contribution in [0.4, 0.5) is 8.78 Å².